The molecule has 0 aromatic heterocycles. The standard InChI is InChI=1S/C25H30N4O3/c1-26(2)21-10-8-20(9-11-21)23(30)27-14-12-22(13-15-27)29-17-16-28(24(31)25(29)32)18-19-6-4-3-5-7-19/h3-11,22H,12-18H2,1-2H3. The third-order valence-corrected chi connectivity index (χ3v) is 6.38. The van der Waals surface area contributed by atoms with Crippen LogP contribution in [-0.2, 0) is 16.1 Å². The fraction of sp³-hybridized carbons (Fsp3) is 0.400. The number of rotatable bonds is 5. The highest BCUT2D eigenvalue weighted by Gasteiger charge is 2.38. The molecule has 32 heavy (non-hydrogen) atoms. The van der Waals surface area contributed by atoms with Gasteiger partial charge in [0.1, 0.15) is 0 Å². The van der Waals surface area contributed by atoms with Gasteiger partial charge < -0.3 is 19.6 Å². The van der Waals surface area contributed by atoms with E-state index < -0.39 is 11.8 Å². The topological polar surface area (TPSA) is 64.2 Å². The Morgan fingerprint density at radius 2 is 1.53 bits per heavy atom. The van der Waals surface area contributed by atoms with Crippen LogP contribution in [0.2, 0.25) is 0 Å². The molecule has 7 nitrogen and oxygen atoms in total. The summed E-state index contributed by atoms with van der Waals surface area (Å²) in [6.07, 6.45) is 1.39. The van der Waals surface area contributed by atoms with Crippen LogP contribution in [0.3, 0.4) is 0 Å². The van der Waals surface area contributed by atoms with Crippen molar-refractivity contribution in [2.24, 2.45) is 0 Å². The third kappa shape index (κ3) is 4.61. The molecule has 4 rings (SSSR count). The van der Waals surface area contributed by atoms with E-state index in [1.54, 1.807) is 9.80 Å². The molecule has 2 aromatic carbocycles. The second-order valence-electron chi connectivity index (χ2n) is 8.68. The molecule has 2 aliphatic rings. The Balaban J connectivity index is 1.32. The zero-order valence-corrected chi connectivity index (χ0v) is 18.7. The number of likely N-dealkylation sites (tertiary alicyclic amines) is 1. The Bertz CT molecular complexity index is 966. The van der Waals surface area contributed by atoms with E-state index in [-0.39, 0.29) is 11.9 Å². The van der Waals surface area contributed by atoms with Gasteiger partial charge >= 0.3 is 11.8 Å². The maximum absolute atomic E-state index is 12.9. The van der Waals surface area contributed by atoms with Crippen LogP contribution in [0.4, 0.5) is 5.69 Å². The van der Waals surface area contributed by atoms with Gasteiger partial charge in [-0.1, -0.05) is 30.3 Å². The number of nitrogens with zero attached hydrogens (tertiary/aromatic N) is 4. The Morgan fingerprint density at radius 1 is 0.875 bits per heavy atom. The van der Waals surface area contributed by atoms with Gasteiger partial charge in [-0.2, -0.15) is 0 Å². The van der Waals surface area contributed by atoms with E-state index in [1.807, 2.05) is 78.5 Å². The largest absolute Gasteiger partial charge is 0.378 e. The van der Waals surface area contributed by atoms with Gasteiger partial charge in [0.15, 0.2) is 0 Å². The highest BCUT2D eigenvalue weighted by atomic mass is 16.2. The summed E-state index contributed by atoms with van der Waals surface area (Å²) in [7, 11) is 3.93. The molecule has 0 aliphatic carbocycles. The van der Waals surface area contributed by atoms with E-state index in [0.29, 0.717) is 51.1 Å². The molecular weight excluding hydrogens is 404 g/mol. The summed E-state index contributed by atoms with van der Waals surface area (Å²) in [5, 5.41) is 0. The van der Waals surface area contributed by atoms with Gasteiger partial charge in [-0.15, -0.1) is 0 Å². The second-order valence-corrected chi connectivity index (χ2v) is 8.68. The first-order valence-electron chi connectivity index (χ1n) is 11.1. The molecule has 2 aromatic rings. The number of anilines is 1. The van der Waals surface area contributed by atoms with E-state index in [4.69, 9.17) is 0 Å². The van der Waals surface area contributed by atoms with Crippen LogP contribution in [0.25, 0.3) is 0 Å². The molecule has 0 saturated carbocycles. The molecule has 3 amide bonds. The third-order valence-electron chi connectivity index (χ3n) is 6.38. The van der Waals surface area contributed by atoms with Crippen LogP contribution >= 0.6 is 0 Å². The zero-order valence-electron chi connectivity index (χ0n) is 18.7. The number of piperazine rings is 1. The number of hydrogen-bond acceptors (Lipinski definition) is 4. The van der Waals surface area contributed by atoms with E-state index in [0.717, 1.165) is 11.3 Å². The molecule has 7 heteroatoms. The molecule has 0 unspecified atom stereocenters. The van der Waals surface area contributed by atoms with Crippen LogP contribution in [0.5, 0.6) is 0 Å². The number of carbonyl (C=O) groups is 3. The van der Waals surface area contributed by atoms with Crippen molar-refractivity contribution in [3.05, 3.63) is 65.7 Å². The van der Waals surface area contributed by atoms with Crippen molar-refractivity contribution in [2.75, 3.05) is 45.2 Å². The summed E-state index contributed by atoms with van der Waals surface area (Å²) >= 11 is 0. The van der Waals surface area contributed by atoms with Crippen molar-refractivity contribution in [3.63, 3.8) is 0 Å². The molecule has 0 bridgehead atoms. The minimum atomic E-state index is -0.431. The van der Waals surface area contributed by atoms with Gasteiger partial charge in [0, 0.05) is 64.1 Å². The smallest absolute Gasteiger partial charge is 0.312 e. The Morgan fingerprint density at radius 3 is 2.16 bits per heavy atom. The van der Waals surface area contributed by atoms with Gasteiger partial charge in [-0.25, -0.2) is 0 Å². The van der Waals surface area contributed by atoms with Gasteiger partial charge in [0.05, 0.1) is 0 Å². The first-order valence-corrected chi connectivity index (χ1v) is 11.1. The predicted octanol–water partition coefficient (Wildman–Crippen LogP) is 2.23. The normalized spacial score (nSPS) is 17.6. The summed E-state index contributed by atoms with van der Waals surface area (Å²) < 4.78 is 0. The van der Waals surface area contributed by atoms with Crippen molar-refractivity contribution < 1.29 is 14.4 Å². The van der Waals surface area contributed by atoms with E-state index >= 15 is 0 Å². The fourth-order valence-electron chi connectivity index (χ4n) is 4.46. The summed E-state index contributed by atoms with van der Waals surface area (Å²) in [5.74, 6) is -0.834. The monoisotopic (exact) mass is 434 g/mol. The van der Waals surface area contributed by atoms with Crippen LogP contribution in [0.15, 0.2) is 54.6 Å². The summed E-state index contributed by atoms with van der Waals surface area (Å²) in [6, 6.07) is 17.3. The molecule has 168 valence electrons. The molecule has 0 spiro atoms. The van der Waals surface area contributed by atoms with Gasteiger partial charge in [0.2, 0.25) is 0 Å². The summed E-state index contributed by atoms with van der Waals surface area (Å²) in [5.41, 5.74) is 2.75. The summed E-state index contributed by atoms with van der Waals surface area (Å²) in [4.78, 5) is 45.5. The second kappa shape index (κ2) is 9.42. The molecule has 2 heterocycles. The molecule has 2 fully saturated rings. The average Bonchev–Trinajstić information content (AvgIpc) is 2.82. The summed E-state index contributed by atoms with van der Waals surface area (Å²) in [6.45, 7) is 2.72. The average molecular weight is 435 g/mol. The van der Waals surface area contributed by atoms with Crippen molar-refractivity contribution in [3.8, 4) is 0 Å². The van der Waals surface area contributed by atoms with Crippen molar-refractivity contribution in [1.29, 1.82) is 0 Å². The first kappa shape index (κ1) is 21.9. The molecule has 0 radical (unpaired) electrons. The highest BCUT2D eigenvalue weighted by Crippen LogP contribution is 2.22. The maximum Gasteiger partial charge on any atom is 0.312 e. The lowest BCUT2D eigenvalue weighted by molar-refractivity contribution is -0.158. The number of amides is 3. The lowest BCUT2D eigenvalue weighted by Crippen LogP contribution is -2.59. The fourth-order valence-corrected chi connectivity index (χ4v) is 4.46. The highest BCUT2D eigenvalue weighted by molar-refractivity contribution is 6.35. The quantitative estimate of drug-likeness (QED) is 0.677. The maximum atomic E-state index is 12.9. The van der Waals surface area contributed by atoms with Crippen molar-refractivity contribution >= 4 is 23.4 Å². The Labute approximate surface area is 189 Å². The predicted molar refractivity (Wildman–Crippen MR) is 123 cm³/mol. The molecule has 0 N–H and O–H groups in total. The molecule has 0 atom stereocenters. The number of piperidine rings is 1. The Kier molecular flexibility index (Phi) is 6.44. The minimum Gasteiger partial charge on any atom is -0.378 e. The van der Waals surface area contributed by atoms with E-state index in [9.17, 15) is 14.4 Å². The van der Waals surface area contributed by atoms with Gasteiger partial charge in [-0.3, -0.25) is 14.4 Å². The minimum absolute atomic E-state index is 0.00509. The number of hydrogen-bond donors (Lipinski definition) is 0. The van der Waals surface area contributed by atoms with Crippen LogP contribution < -0.4 is 4.90 Å². The first-order chi connectivity index (χ1) is 15.4. The zero-order chi connectivity index (χ0) is 22.7. The van der Waals surface area contributed by atoms with Gasteiger partial charge in [0.25, 0.3) is 5.91 Å². The van der Waals surface area contributed by atoms with Crippen molar-refractivity contribution in [2.45, 2.75) is 25.4 Å². The van der Waals surface area contributed by atoms with Crippen molar-refractivity contribution in [1.82, 2.24) is 14.7 Å². The van der Waals surface area contributed by atoms with E-state index in [1.165, 1.54) is 0 Å². The lowest BCUT2D eigenvalue weighted by atomic mass is 10.0. The Hall–Kier alpha value is -3.35. The number of benzene rings is 2. The molecule has 2 aliphatic heterocycles. The van der Waals surface area contributed by atoms with Gasteiger partial charge in [-0.05, 0) is 42.7 Å². The lowest BCUT2D eigenvalue weighted by Gasteiger charge is -2.42. The van der Waals surface area contributed by atoms with Crippen LogP contribution in [0.1, 0.15) is 28.8 Å². The van der Waals surface area contributed by atoms with E-state index in [2.05, 4.69) is 0 Å². The van der Waals surface area contributed by atoms with Crippen LogP contribution in [0, 0.1) is 0 Å². The SMILES string of the molecule is CN(C)c1ccc(C(=O)N2CCC(N3CCN(Cc4ccccc4)C(=O)C3=O)CC2)cc1. The molecular formula is C25H30N4O3. The number of carbonyl (C=O) groups excluding carboxylic acids is 3. The van der Waals surface area contributed by atoms with Crippen LogP contribution in [-0.4, -0.2) is 78.7 Å². The molecule has 2 saturated heterocycles.